The number of esters is 1. The van der Waals surface area contributed by atoms with Gasteiger partial charge in [0.1, 0.15) is 5.82 Å². The molecule has 0 aromatic heterocycles. The summed E-state index contributed by atoms with van der Waals surface area (Å²) in [6.45, 7) is 0. The quantitative estimate of drug-likeness (QED) is 0.619. The van der Waals surface area contributed by atoms with Crippen molar-refractivity contribution in [2.75, 3.05) is 14.2 Å². The second kappa shape index (κ2) is 5.87. The average molecular weight is 294 g/mol. The van der Waals surface area contributed by atoms with E-state index in [0.717, 1.165) is 17.8 Å². The van der Waals surface area contributed by atoms with Crippen LogP contribution in [0.1, 0.15) is 0 Å². The van der Waals surface area contributed by atoms with Gasteiger partial charge in [-0.1, -0.05) is 6.07 Å². The molecule has 2 rings (SSSR count). The summed E-state index contributed by atoms with van der Waals surface area (Å²) in [5.74, 6) is -1.37. The Labute approximate surface area is 119 Å². The summed E-state index contributed by atoms with van der Waals surface area (Å²) in [5, 5.41) is 0.371. The van der Waals surface area contributed by atoms with Crippen LogP contribution >= 0.6 is 11.8 Å². The Morgan fingerprint density at radius 2 is 2.25 bits per heavy atom. The van der Waals surface area contributed by atoms with Crippen molar-refractivity contribution >= 4 is 34.5 Å². The number of carbonyl (C=O) groups excluding carboxylic acids is 2. The molecule has 0 saturated carbocycles. The van der Waals surface area contributed by atoms with Crippen LogP contribution in [-0.4, -0.2) is 36.1 Å². The lowest BCUT2D eigenvalue weighted by atomic mass is 10.3. The van der Waals surface area contributed by atoms with Gasteiger partial charge < -0.3 is 4.74 Å². The number of rotatable bonds is 2. The van der Waals surface area contributed by atoms with Gasteiger partial charge in [-0.2, -0.15) is 0 Å². The van der Waals surface area contributed by atoms with Crippen LogP contribution in [0.2, 0.25) is 0 Å². The highest BCUT2D eigenvalue weighted by Crippen LogP contribution is 2.31. The number of methoxy groups -OCH3 is 1. The summed E-state index contributed by atoms with van der Waals surface area (Å²) in [5.41, 5.74) is 0.395. The number of amidine groups is 1. The molecule has 1 fully saturated rings. The van der Waals surface area contributed by atoms with Crippen LogP contribution < -0.4 is 0 Å². The standard InChI is InChI=1S/C13H11FN2O3S/c1-16-12(18)10(7-11(17)19-2)20-13(16)15-9-5-3-4-8(14)6-9/h3-7H,1-2H3. The summed E-state index contributed by atoms with van der Waals surface area (Å²) in [4.78, 5) is 28.8. The first kappa shape index (κ1) is 14.3. The normalized spacial score (nSPS) is 18.9. The molecule has 1 saturated heterocycles. The lowest BCUT2D eigenvalue weighted by molar-refractivity contribution is -0.135. The van der Waals surface area contributed by atoms with E-state index in [1.54, 1.807) is 6.07 Å². The molecule has 1 aromatic rings. The highest BCUT2D eigenvalue weighted by atomic mass is 32.2. The maximum absolute atomic E-state index is 13.1. The van der Waals surface area contributed by atoms with E-state index in [1.807, 2.05) is 0 Å². The van der Waals surface area contributed by atoms with E-state index in [9.17, 15) is 14.0 Å². The van der Waals surface area contributed by atoms with Crippen LogP contribution in [0.15, 0.2) is 40.2 Å². The van der Waals surface area contributed by atoms with Crippen LogP contribution in [0.4, 0.5) is 10.1 Å². The van der Waals surface area contributed by atoms with Gasteiger partial charge in [-0.05, 0) is 30.0 Å². The van der Waals surface area contributed by atoms with Crippen LogP contribution in [0.5, 0.6) is 0 Å². The maximum Gasteiger partial charge on any atom is 0.331 e. The van der Waals surface area contributed by atoms with Crippen LogP contribution in [0.25, 0.3) is 0 Å². The summed E-state index contributed by atoms with van der Waals surface area (Å²) in [6, 6.07) is 5.72. The number of halogens is 1. The molecule has 0 atom stereocenters. The number of carbonyl (C=O) groups is 2. The van der Waals surface area contributed by atoms with E-state index in [1.165, 1.54) is 37.3 Å². The second-order valence-corrected chi connectivity index (χ2v) is 4.88. The Hall–Kier alpha value is -2.15. The van der Waals surface area contributed by atoms with Gasteiger partial charge in [0.15, 0.2) is 5.17 Å². The fourth-order valence-corrected chi connectivity index (χ4v) is 2.42. The molecular formula is C13H11FN2O3S. The predicted octanol–water partition coefficient (Wildman–Crippen LogP) is 2.08. The molecule has 0 spiro atoms. The number of hydrogen-bond acceptors (Lipinski definition) is 5. The first-order chi connectivity index (χ1) is 9.51. The summed E-state index contributed by atoms with van der Waals surface area (Å²) in [6.07, 6.45) is 1.11. The first-order valence-corrected chi connectivity index (χ1v) is 6.42. The minimum Gasteiger partial charge on any atom is -0.466 e. The maximum atomic E-state index is 13.1. The minimum atomic E-state index is -0.610. The zero-order chi connectivity index (χ0) is 14.7. The molecule has 1 aliphatic rings. The van der Waals surface area contributed by atoms with Crippen molar-refractivity contribution in [2.45, 2.75) is 0 Å². The van der Waals surface area contributed by atoms with Crippen molar-refractivity contribution < 1.29 is 18.7 Å². The van der Waals surface area contributed by atoms with Gasteiger partial charge in [0.05, 0.1) is 17.7 Å². The Morgan fingerprint density at radius 1 is 1.50 bits per heavy atom. The molecule has 1 aliphatic heterocycles. The highest BCUT2D eigenvalue weighted by molar-refractivity contribution is 8.18. The molecule has 7 heteroatoms. The SMILES string of the molecule is COC(=O)C=C1SC(=Nc2cccc(F)c2)N(C)C1=O. The number of ether oxygens (including phenoxy) is 1. The van der Waals surface area contributed by atoms with Gasteiger partial charge in [0, 0.05) is 13.1 Å². The molecule has 1 amide bonds. The fraction of sp³-hybridized carbons (Fsp3) is 0.154. The topological polar surface area (TPSA) is 59.0 Å². The summed E-state index contributed by atoms with van der Waals surface area (Å²) < 4.78 is 17.6. The van der Waals surface area contributed by atoms with E-state index in [2.05, 4.69) is 9.73 Å². The van der Waals surface area contributed by atoms with Crippen LogP contribution in [0.3, 0.4) is 0 Å². The van der Waals surface area contributed by atoms with E-state index in [-0.39, 0.29) is 10.8 Å². The molecule has 104 valence electrons. The third-order valence-corrected chi connectivity index (χ3v) is 3.55. The van der Waals surface area contributed by atoms with E-state index in [4.69, 9.17) is 0 Å². The summed E-state index contributed by atoms with van der Waals surface area (Å²) >= 11 is 1.04. The lowest BCUT2D eigenvalue weighted by Crippen LogP contribution is -2.23. The predicted molar refractivity (Wildman–Crippen MR) is 74.0 cm³/mol. The molecule has 0 radical (unpaired) electrons. The molecule has 5 nitrogen and oxygen atoms in total. The zero-order valence-electron chi connectivity index (χ0n) is 10.8. The average Bonchev–Trinajstić information content (AvgIpc) is 2.67. The Balaban J connectivity index is 2.29. The van der Waals surface area contributed by atoms with Crippen molar-refractivity contribution in [2.24, 2.45) is 4.99 Å². The molecule has 1 heterocycles. The number of aliphatic imine (C=N–C) groups is 1. The Morgan fingerprint density at radius 3 is 2.90 bits per heavy atom. The highest BCUT2D eigenvalue weighted by Gasteiger charge is 2.31. The van der Waals surface area contributed by atoms with Crippen molar-refractivity contribution in [3.05, 3.63) is 41.1 Å². The van der Waals surface area contributed by atoms with Crippen LogP contribution in [0, 0.1) is 5.82 Å². The number of hydrogen-bond donors (Lipinski definition) is 0. The second-order valence-electron chi connectivity index (χ2n) is 3.87. The Bertz CT molecular complexity index is 628. The van der Waals surface area contributed by atoms with Gasteiger partial charge in [-0.25, -0.2) is 14.2 Å². The van der Waals surface area contributed by atoms with Gasteiger partial charge >= 0.3 is 5.97 Å². The first-order valence-electron chi connectivity index (χ1n) is 5.61. The number of nitrogens with zero attached hydrogens (tertiary/aromatic N) is 2. The number of likely N-dealkylation sites (N-methyl/N-ethyl adjacent to an activating group) is 1. The van der Waals surface area contributed by atoms with Gasteiger partial charge in [-0.15, -0.1) is 0 Å². The largest absolute Gasteiger partial charge is 0.466 e. The van der Waals surface area contributed by atoms with Crippen LogP contribution in [-0.2, 0) is 14.3 Å². The fourth-order valence-electron chi connectivity index (χ4n) is 1.47. The molecule has 0 unspecified atom stereocenters. The minimum absolute atomic E-state index is 0.217. The van der Waals surface area contributed by atoms with Crippen molar-refractivity contribution in [3.63, 3.8) is 0 Å². The number of amides is 1. The smallest absolute Gasteiger partial charge is 0.331 e. The zero-order valence-corrected chi connectivity index (χ0v) is 11.6. The van der Waals surface area contributed by atoms with Gasteiger partial charge in [0.25, 0.3) is 5.91 Å². The Kier molecular flexibility index (Phi) is 4.19. The monoisotopic (exact) mass is 294 g/mol. The number of thioether (sulfide) groups is 1. The molecule has 0 bridgehead atoms. The molecule has 1 aromatic carbocycles. The lowest BCUT2D eigenvalue weighted by Gasteiger charge is -2.06. The molecule has 0 aliphatic carbocycles. The summed E-state index contributed by atoms with van der Waals surface area (Å²) in [7, 11) is 2.76. The van der Waals surface area contributed by atoms with Gasteiger partial charge in [0.2, 0.25) is 0 Å². The van der Waals surface area contributed by atoms with Crippen molar-refractivity contribution in [3.8, 4) is 0 Å². The third kappa shape index (κ3) is 3.05. The van der Waals surface area contributed by atoms with Gasteiger partial charge in [-0.3, -0.25) is 9.69 Å². The van der Waals surface area contributed by atoms with Crippen molar-refractivity contribution in [1.29, 1.82) is 0 Å². The van der Waals surface area contributed by atoms with E-state index in [0.29, 0.717) is 10.9 Å². The van der Waals surface area contributed by atoms with E-state index < -0.39 is 11.8 Å². The third-order valence-electron chi connectivity index (χ3n) is 2.49. The van der Waals surface area contributed by atoms with Crippen molar-refractivity contribution in [1.82, 2.24) is 4.90 Å². The molecule has 0 N–H and O–H groups in total. The molecular weight excluding hydrogens is 283 g/mol. The number of benzene rings is 1. The van der Waals surface area contributed by atoms with E-state index >= 15 is 0 Å². The molecule has 20 heavy (non-hydrogen) atoms.